The van der Waals surface area contributed by atoms with E-state index < -0.39 is 53.0 Å². The molecule has 0 aliphatic carbocycles. The number of nitrogens with one attached hydrogen (secondary N) is 1. The maximum Gasteiger partial charge on any atom is 0.261 e. The standard InChI is InChI=1S/C33H25F5N2O4S2/c1-16-22(15-45-33-40-21-7-2-3-8-23(21)46-33)43-32(44-30(16)18-11-9-17(14-41)10-12-18)19-5-4-6-20(13-19)39-31(42)24-25(34)27(36)29(38)28(37)26(24)35/h2-13,16,22,30,32,41H,14-15H2,1H3,(H,39,42)/t16-,22+,30+,32+/m1/s1. The fraction of sp³-hybridized carbons (Fsp3) is 0.212. The summed E-state index contributed by atoms with van der Waals surface area (Å²) in [6, 6.07) is 21.2. The Bertz CT molecular complexity index is 1840. The van der Waals surface area contributed by atoms with Crippen molar-refractivity contribution in [3.63, 3.8) is 0 Å². The van der Waals surface area contributed by atoms with Gasteiger partial charge in [0.15, 0.2) is 33.9 Å². The lowest BCUT2D eigenvalue weighted by molar-refractivity contribution is -0.268. The fourth-order valence-electron chi connectivity index (χ4n) is 5.14. The van der Waals surface area contributed by atoms with Crippen LogP contribution in [0.25, 0.3) is 10.2 Å². The molecule has 0 saturated carbocycles. The third-order valence-electron chi connectivity index (χ3n) is 7.62. The molecule has 13 heteroatoms. The highest BCUT2D eigenvalue weighted by atomic mass is 32.2. The fourth-order valence-corrected chi connectivity index (χ4v) is 7.39. The Labute approximate surface area is 268 Å². The number of nitrogens with zero attached hydrogens (tertiary/aromatic N) is 1. The maximum absolute atomic E-state index is 14.3. The summed E-state index contributed by atoms with van der Waals surface area (Å²) in [5.74, 6) is -12.4. The molecule has 6 rings (SSSR count). The SMILES string of the molecule is C[C@@H]1[C@H](CSc2nc3ccccc3s2)O[C@H](c2cccc(NC(=O)c3c(F)c(F)c(F)c(F)c3F)c2)O[C@@H]1c1ccc(CO)cc1. The van der Waals surface area contributed by atoms with Gasteiger partial charge in [0.2, 0.25) is 5.82 Å². The number of rotatable bonds is 8. The van der Waals surface area contributed by atoms with Crippen molar-refractivity contribution < 1.29 is 41.3 Å². The molecule has 1 fully saturated rings. The first-order valence-corrected chi connectivity index (χ1v) is 15.9. The van der Waals surface area contributed by atoms with Gasteiger partial charge in [0.05, 0.1) is 29.0 Å². The Morgan fingerprint density at radius 2 is 1.59 bits per heavy atom. The number of thiazole rings is 1. The summed E-state index contributed by atoms with van der Waals surface area (Å²) in [6.07, 6.45) is -1.74. The Morgan fingerprint density at radius 3 is 2.28 bits per heavy atom. The molecular formula is C33H25F5N2O4S2. The van der Waals surface area contributed by atoms with Gasteiger partial charge in [-0.1, -0.05) is 67.2 Å². The first-order valence-electron chi connectivity index (χ1n) is 14.1. The molecule has 1 aliphatic rings. The molecule has 1 saturated heterocycles. The van der Waals surface area contributed by atoms with Gasteiger partial charge in [-0.2, -0.15) is 0 Å². The van der Waals surface area contributed by atoms with Crippen LogP contribution >= 0.6 is 23.1 Å². The highest BCUT2D eigenvalue weighted by Crippen LogP contribution is 2.44. The highest BCUT2D eigenvalue weighted by molar-refractivity contribution is 8.01. The predicted octanol–water partition coefficient (Wildman–Crippen LogP) is 8.32. The summed E-state index contributed by atoms with van der Waals surface area (Å²) < 4.78 is 84.3. The number of carbonyl (C=O) groups excluding carboxylic acids is 1. The topological polar surface area (TPSA) is 80.7 Å². The molecule has 0 unspecified atom stereocenters. The average molecular weight is 673 g/mol. The van der Waals surface area contributed by atoms with Crippen molar-refractivity contribution in [2.75, 3.05) is 11.1 Å². The quantitative estimate of drug-likeness (QED) is 0.0747. The van der Waals surface area contributed by atoms with Crippen LogP contribution in [0.3, 0.4) is 0 Å². The molecule has 0 radical (unpaired) electrons. The van der Waals surface area contributed by atoms with E-state index in [9.17, 15) is 31.9 Å². The maximum atomic E-state index is 14.3. The molecule has 238 valence electrons. The zero-order valence-corrected chi connectivity index (χ0v) is 25.6. The van der Waals surface area contributed by atoms with E-state index in [1.165, 1.54) is 18.2 Å². The first-order chi connectivity index (χ1) is 22.1. The number of aliphatic hydroxyl groups is 1. The number of thioether (sulfide) groups is 1. The van der Waals surface area contributed by atoms with Crippen molar-refractivity contribution in [2.24, 2.45) is 5.92 Å². The highest BCUT2D eigenvalue weighted by Gasteiger charge is 2.39. The summed E-state index contributed by atoms with van der Waals surface area (Å²) in [5.41, 5.74) is 1.35. The zero-order chi connectivity index (χ0) is 32.5. The number of hydrogen-bond acceptors (Lipinski definition) is 7. The van der Waals surface area contributed by atoms with Crippen molar-refractivity contribution in [1.82, 2.24) is 4.98 Å². The van der Waals surface area contributed by atoms with Gasteiger partial charge in [0, 0.05) is 22.9 Å². The molecular weight excluding hydrogens is 647 g/mol. The lowest BCUT2D eigenvalue weighted by atomic mass is 9.91. The predicted molar refractivity (Wildman–Crippen MR) is 164 cm³/mol. The Hall–Kier alpha value is -3.88. The summed E-state index contributed by atoms with van der Waals surface area (Å²) in [4.78, 5) is 17.4. The molecule has 46 heavy (non-hydrogen) atoms. The Morgan fingerprint density at radius 1 is 0.891 bits per heavy atom. The number of anilines is 1. The lowest BCUT2D eigenvalue weighted by Gasteiger charge is -2.41. The van der Waals surface area contributed by atoms with E-state index >= 15 is 0 Å². The molecule has 6 nitrogen and oxygen atoms in total. The number of hydrogen-bond donors (Lipinski definition) is 2. The number of para-hydroxylation sites is 1. The summed E-state index contributed by atoms with van der Waals surface area (Å²) >= 11 is 3.13. The Kier molecular flexibility index (Phi) is 9.39. The number of aliphatic hydroxyl groups excluding tert-OH is 1. The molecule has 1 aromatic heterocycles. The molecule has 2 N–H and O–H groups in total. The molecule has 1 amide bonds. The van der Waals surface area contributed by atoms with Gasteiger partial charge < -0.3 is 19.9 Å². The van der Waals surface area contributed by atoms with E-state index in [1.54, 1.807) is 41.3 Å². The van der Waals surface area contributed by atoms with Crippen molar-refractivity contribution >= 4 is 44.9 Å². The minimum Gasteiger partial charge on any atom is -0.392 e. The molecule has 1 aliphatic heterocycles. The summed E-state index contributed by atoms with van der Waals surface area (Å²) in [5, 5.41) is 11.7. The van der Waals surface area contributed by atoms with E-state index in [1.807, 2.05) is 43.3 Å². The normalized spacial score (nSPS) is 19.8. The van der Waals surface area contributed by atoms with Gasteiger partial charge in [0.1, 0.15) is 5.56 Å². The van der Waals surface area contributed by atoms with Gasteiger partial charge >= 0.3 is 0 Å². The van der Waals surface area contributed by atoms with E-state index in [0.29, 0.717) is 11.3 Å². The number of amides is 1. The monoisotopic (exact) mass is 672 g/mol. The van der Waals surface area contributed by atoms with Crippen LogP contribution in [0.5, 0.6) is 0 Å². The van der Waals surface area contributed by atoms with Gasteiger partial charge in [-0.25, -0.2) is 26.9 Å². The second-order valence-electron chi connectivity index (χ2n) is 10.6. The van der Waals surface area contributed by atoms with Crippen molar-refractivity contribution in [3.05, 3.63) is 124 Å². The third-order valence-corrected chi connectivity index (χ3v) is 9.89. The third kappa shape index (κ3) is 6.38. The van der Waals surface area contributed by atoms with Crippen LogP contribution in [0.2, 0.25) is 0 Å². The Balaban J connectivity index is 1.26. The van der Waals surface area contributed by atoms with Gasteiger partial charge in [-0.05, 0) is 35.4 Å². The van der Waals surface area contributed by atoms with E-state index in [-0.39, 0.29) is 24.3 Å². The lowest BCUT2D eigenvalue weighted by Crippen LogP contribution is -2.38. The van der Waals surface area contributed by atoms with Crippen molar-refractivity contribution in [2.45, 2.75) is 36.4 Å². The minimum absolute atomic E-state index is 0.0153. The molecule has 2 heterocycles. The van der Waals surface area contributed by atoms with Gasteiger partial charge in [-0.3, -0.25) is 4.79 Å². The average Bonchev–Trinajstić information content (AvgIpc) is 3.49. The minimum atomic E-state index is -2.36. The molecule has 4 atom stereocenters. The van der Waals surface area contributed by atoms with E-state index in [4.69, 9.17) is 14.5 Å². The first kappa shape index (κ1) is 32.1. The van der Waals surface area contributed by atoms with Crippen molar-refractivity contribution in [3.8, 4) is 0 Å². The summed E-state index contributed by atoms with van der Waals surface area (Å²) in [6.45, 7) is 1.89. The van der Waals surface area contributed by atoms with Crippen LogP contribution in [-0.2, 0) is 16.1 Å². The van der Waals surface area contributed by atoms with Crippen LogP contribution in [0.1, 0.15) is 46.4 Å². The van der Waals surface area contributed by atoms with Crippen LogP contribution in [0.15, 0.2) is 77.1 Å². The smallest absolute Gasteiger partial charge is 0.261 e. The molecule has 0 spiro atoms. The van der Waals surface area contributed by atoms with Crippen LogP contribution in [0, 0.1) is 35.0 Å². The van der Waals surface area contributed by atoms with Crippen LogP contribution in [0.4, 0.5) is 27.6 Å². The van der Waals surface area contributed by atoms with E-state index in [2.05, 4.69) is 5.32 Å². The molecule has 0 bridgehead atoms. The van der Waals surface area contributed by atoms with Crippen molar-refractivity contribution in [1.29, 1.82) is 0 Å². The number of aromatic nitrogens is 1. The number of halogens is 5. The molecule has 4 aromatic carbocycles. The second kappa shape index (κ2) is 13.5. The number of ether oxygens (including phenoxy) is 2. The zero-order valence-electron chi connectivity index (χ0n) is 24.0. The van der Waals surface area contributed by atoms with Crippen LogP contribution < -0.4 is 5.32 Å². The number of carbonyl (C=O) groups is 1. The molecule has 5 aromatic rings. The van der Waals surface area contributed by atoms with Gasteiger partial charge in [0.25, 0.3) is 5.91 Å². The largest absolute Gasteiger partial charge is 0.392 e. The van der Waals surface area contributed by atoms with Crippen LogP contribution in [-0.4, -0.2) is 27.9 Å². The van der Waals surface area contributed by atoms with E-state index in [0.717, 1.165) is 25.7 Å². The van der Waals surface area contributed by atoms with Gasteiger partial charge in [-0.15, -0.1) is 11.3 Å². The number of fused-ring (bicyclic) bond motifs is 1. The second-order valence-corrected chi connectivity index (χ2v) is 12.9. The number of benzene rings is 4. The summed E-state index contributed by atoms with van der Waals surface area (Å²) in [7, 11) is 0.